The molecule has 2 nitrogen and oxygen atoms in total. The average molecular weight is 143 g/mol. The summed E-state index contributed by atoms with van der Waals surface area (Å²) >= 11 is 0. The highest BCUT2D eigenvalue weighted by atomic mass is 16.6. The van der Waals surface area contributed by atoms with Crippen molar-refractivity contribution in [3.63, 3.8) is 0 Å². The van der Waals surface area contributed by atoms with E-state index in [2.05, 4.69) is 26.3 Å². The third kappa shape index (κ3) is 1.50. The van der Waals surface area contributed by atoms with Gasteiger partial charge in [0.1, 0.15) is 0 Å². The smallest absolute Gasteiger partial charge is 0.0572 e. The minimum atomic E-state index is 0.500. The minimum absolute atomic E-state index is 0.500. The summed E-state index contributed by atoms with van der Waals surface area (Å²) in [5, 5.41) is 0. The molecule has 1 aliphatic carbocycles. The average Bonchev–Trinajstić information content (AvgIpc) is 2.41. The molecule has 0 aromatic heterocycles. The van der Waals surface area contributed by atoms with E-state index in [-0.39, 0.29) is 0 Å². The summed E-state index contributed by atoms with van der Waals surface area (Å²) in [5.74, 6) is 0.799. The molecule has 1 rings (SSSR count). The van der Waals surface area contributed by atoms with Crippen molar-refractivity contribution < 1.29 is 4.84 Å². The van der Waals surface area contributed by atoms with Crippen LogP contribution in [0.2, 0.25) is 0 Å². The standard InChI is InChI=1S/C8H17NO/c1-6(9-10-4)7-5-8(7,2)3/h6-7,9H,5H2,1-4H3/t6-,7+/m0/s1. The zero-order valence-electron chi connectivity index (χ0n) is 7.27. The van der Waals surface area contributed by atoms with Gasteiger partial charge >= 0.3 is 0 Å². The fourth-order valence-corrected chi connectivity index (χ4v) is 1.63. The summed E-state index contributed by atoms with van der Waals surface area (Å²) in [6, 6.07) is 0.500. The Balaban J connectivity index is 2.25. The largest absolute Gasteiger partial charge is 0.305 e. The first-order chi connectivity index (χ1) is 4.58. The molecule has 2 atom stereocenters. The van der Waals surface area contributed by atoms with Crippen molar-refractivity contribution in [2.45, 2.75) is 33.2 Å². The molecule has 10 heavy (non-hydrogen) atoms. The predicted molar refractivity (Wildman–Crippen MR) is 41.5 cm³/mol. The molecule has 0 aromatic rings. The topological polar surface area (TPSA) is 21.3 Å². The Bertz CT molecular complexity index is 122. The fraction of sp³-hybridized carbons (Fsp3) is 1.00. The lowest BCUT2D eigenvalue weighted by Crippen LogP contribution is -2.28. The highest BCUT2D eigenvalue weighted by Gasteiger charge is 2.48. The van der Waals surface area contributed by atoms with E-state index in [1.165, 1.54) is 6.42 Å². The fourth-order valence-electron chi connectivity index (χ4n) is 1.63. The normalized spacial score (nSPS) is 31.8. The van der Waals surface area contributed by atoms with Crippen molar-refractivity contribution in [2.24, 2.45) is 11.3 Å². The number of nitrogens with one attached hydrogen (secondary N) is 1. The van der Waals surface area contributed by atoms with Crippen molar-refractivity contribution >= 4 is 0 Å². The van der Waals surface area contributed by atoms with Crippen LogP contribution in [0.3, 0.4) is 0 Å². The van der Waals surface area contributed by atoms with Crippen LogP contribution in [-0.4, -0.2) is 13.2 Å². The maximum Gasteiger partial charge on any atom is 0.0572 e. The van der Waals surface area contributed by atoms with Crippen LogP contribution < -0.4 is 5.48 Å². The van der Waals surface area contributed by atoms with E-state index in [0.717, 1.165) is 5.92 Å². The molecular weight excluding hydrogens is 126 g/mol. The number of hydroxylamine groups is 1. The molecule has 0 unspecified atom stereocenters. The Labute approximate surface area is 62.9 Å². The molecular formula is C8H17NO. The van der Waals surface area contributed by atoms with Gasteiger partial charge in [-0.1, -0.05) is 13.8 Å². The monoisotopic (exact) mass is 143 g/mol. The molecule has 1 fully saturated rings. The van der Waals surface area contributed by atoms with Gasteiger partial charge in [-0.05, 0) is 24.7 Å². The first kappa shape index (κ1) is 8.02. The highest BCUT2D eigenvalue weighted by molar-refractivity contribution is 4.99. The Kier molecular flexibility index (Phi) is 2.02. The lowest BCUT2D eigenvalue weighted by atomic mass is 10.1. The summed E-state index contributed by atoms with van der Waals surface area (Å²) in [7, 11) is 1.67. The van der Waals surface area contributed by atoms with Crippen LogP contribution in [0.4, 0.5) is 0 Å². The Morgan fingerprint density at radius 3 is 2.40 bits per heavy atom. The van der Waals surface area contributed by atoms with Crippen LogP contribution in [0.5, 0.6) is 0 Å². The van der Waals surface area contributed by atoms with E-state index in [1.807, 2.05) is 0 Å². The van der Waals surface area contributed by atoms with Gasteiger partial charge in [0.2, 0.25) is 0 Å². The summed E-state index contributed by atoms with van der Waals surface area (Å²) in [5.41, 5.74) is 3.51. The first-order valence-electron chi connectivity index (χ1n) is 3.86. The van der Waals surface area contributed by atoms with E-state index >= 15 is 0 Å². The van der Waals surface area contributed by atoms with Crippen LogP contribution in [0, 0.1) is 11.3 Å². The first-order valence-corrected chi connectivity index (χ1v) is 3.86. The van der Waals surface area contributed by atoms with Gasteiger partial charge in [0.25, 0.3) is 0 Å². The lowest BCUT2D eigenvalue weighted by molar-refractivity contribution is 0.0560. The van der Waals surface area contributed by atoms with E-state index < -0.39 is 0 Å². The molecule has 1 aliphatic rings. The zero-order chi connectivity index (χ0) is 7.78. The molecule has 0 aromatic carbocycles. The molecule has 2 heteroatoms. The van der Waals surface area contributed by atoms with Crippen LogP contribution >= 0.6 is 0 Å². The second kappa shape index (κ2) is 2.51. The van der Waals surface area contributed by atoms with E-state index in [1.54, 1.807) is 7.11 Å². The van der Waals surface area contributed by atoms with Gasteiger partial charge < -0.3 is 4.84 Å². The van der Waals surface area contributed by atoms with Crippen LogP contribution in [0.15, 0.2) is 0 Å². The van der Waals surface area contributed by atoms with Crippen LogP contribution in [-0.2, 0) is 4.84 Å². The third-order valence-corrected chi connectivity index (χ3v) is 2.50. The Morgan fingerprint density at radius 2 is 2.10 bits per heavy atom. The molecule has 0 aliphatic heterocycles. The molecule has 0 heterocycles. The third-order valence-electron chi connectivity index (χ3n) is 2.50. The van der Waals surface area contributed by atoms with Gasteiger partial charge in [-0.2, -0.15) is 5.48 Å². The van der Waals surface area contributed by atoms with Crippen molar-refractivity contribution in [3.05, 3.63) is 0 Å². The molecule has 1 N–H and O–H groups in total. The van der Waals surface area contributed by atoms with Crippen molar-refractivity contribution in [2.75, 3.05) is 7.11 Å². The van der Waals surface area contributed by atoms with E-state index in [9.17, 15) is 0 Å². The maximum absolute atomic E-state index is 4.85. The van der Waals surface area contributed by atoms with Crippen molar-refractivity contribution in [1.82, 2.24) is 5.48 Å². The molecule has 0 bridgehead atoms. The molecule has 0 spiro atoms. The quantitative estimate of drug-likeness (QED) is 0.605. The second-order valence-electron chi connectivity index (χ2n) is 3.91. The van der Waals surface area contributed by atoms with Gasteiger partial charge in [0.15, 0.2) is 0 Å². The molecule has 0 amide bonds. The van der Waals surface area contributed by atoms with Gasteiger partial charge in [-0.3, -0.25) is 0 Å². The minimum Gasteiger partial charge on any atom is -0.305 e. The summed E-state index contributed by atoms with van der Waals surface area (Å²) in [6.07, 6.45) is 1.32. The molecule has 0 saturated heterocycles. The number of hydrogen-bond acceptors (Lipinski definition) is 2. The Hall–Kier alpha value is -0.0800. The van der Waals surface area contributed by atoms with Gasteiger partial charge in [-0.25, -0.2) is 0 Å². The number of rotatable bonds is 3. The molecule has 0 radical (unpaired) electrons. The SMILES string of the molecule is CON[C@@H](C)[C@H]1CC1(C)C. The van der Waals surface area contributed by atoms with Gasteiger partial charge in [0.05, 0.1) is 7.11 Å². The number of hydrogen-bond donors (Lipinski definition) is 1. The second-order valence-corrected chi connectivity index (χ2v) is 3.91. The van der Waals surface area contributed by atoms with E-state index in [4.69, 9.17) is 4.84 Å². The molecule has 1 saturated carbocycles. The van der Waals surface area contributed by atoms with Crippen LogP contribution in [0.25, 0.3) is 0 Å². The van der Waals surface area contributed by atoms with Gasteiger partial charge in [0, 0.05) is 6.04 Å². The summed E-state index contributed by atoms with van der Waals surface area (Å²) in [4.78, 5) is 4.85. The van der Waals surface area contributed by atoms with E-state index in [0.29, 0.717) is 11.5 Å². The predicted octanol–water partition coefficient (Wildman–Crippen LogP) is 1.57. The summed E-state index contributed by atoms with van der Waals surface area (Å²) < 4.78 is 0. The molecule has 60 valence electrons. The zero-order valence-corrected chi connectivity index (χ0v) is 7.27. The Morgan fingerprint density at radius 1 is 1.60 bits per heavy atom. The van der Waals surface area contributed by atoms with Crippen molar-refractivity contribution in [3.8, 4) is 0 Å². The van der Waals surface area contributed by atoms with Crippen LogP contribution in [0.1, 0.15) is 27.2 Å². The lowest BCUT2D eigenvalue weighted by Gasteiger charge is -2.12. The highest BCUT2D eigenvalue weighted by Crippen LogP contribution is 2.53. The van der Waals surface area contributed by atoms with Crippen molar-refractivity contribution in [1.29, 1.82) is 0 Å². The summed E-state index contributed by atoms with van der Waals surface area (Å²) in [6.45, 7) is 6.76. The van der Waals surface area contributed by atoms with Gasteiger partial charge in [-0.15, -0.1) is 0 Å². The maximum atomic E-state index is 4.85.